The van der Waals surface area contributed by atoms with E-state index in [2.05, 4.69) is 15.5 Å². The number of anilines is 3. The summed E-state index contributed by atoms with van der Waals surface area (Å²) in [5, 5.41) is 6.13. The number of hydrogen-bond donors (Lipinski definition) is 2. The van der Waals surface area contributed by atoms with E-state index >= 15 is 0 Å². The lowest BCUT2D eigenvalue weighted by Crippen LogP contribution is -2.30. The number of carbonyl (C=O) groups excluding carboxylic acids is 2. The summed E-state index contributed by atoms with van der Waals surface area (Å²) in [6.07, 6.45) is 4.76. The number of hydrogen-bond acceptors (Lipinski definition) is 5. The van der Waals surface area contributed by atoms with E-state index in [0.29, 0.717) is 15.6 Å². The molecule has 0 atom stereocenters. The molecule has 0 aliphatic carbocycles. The number of benzene rings is 1. The molecular formula is C22H22FN3O3S. The number of amides is 2. The Morgan fingerprint density at radius 1 is 1.07 bits per heavy atom. The van der Waals surface area contributed by atoms with Crippen molar-refractivity contribution in [3.05, 3.63) is 64.7 Å². The van der Waals surface area contributed by atoms with Crippen LogP contribution in [0.15, 0.2) is 47.1 Å². The van der Waals surface area contributed by atoms with Crippen molar-refractivity contribution in [1.29, 1.82) is 0 Å². The molecule has 0 radical (unpaired) electrons. The molecule has 1 saturated heterocycles. The van der Waals surface area contributed by atoms with Crippen molar-refractivity contribution < 1.29 is 18.4 Å². The number of aryl methyl sites for hydroxylation is 1. The maximum Gasteiger partial charge on any atom is 0.291 e. The van der Waals surface area contributed by atoms with Crippen molar-refractivity contribution >= 4 is 39.5 Å². The van der Waals surface area contributed by atoms with Crippen LogP contribution < -0.4 is 15.5 Å². The maximum atomic E-state index is 13.9. The molecule has 6 nitrogen and oxygen atoms in total. The van der Waals surface area contributed by atoms with Crippen molar-refractivity contribution in [3.8, 4) is 0 Å². The molecule has 30 heavy (non-hydrogen) atoms. The summed E-state index contributed by atoms with van der Waals surface area (Å²) in [6, 6.07) is 9.41. The van der Waals surface area contributed by atoms with Gasteiger partial charge in [0.2, 0.25) is 0 Å². The van der Waals surface area contributed by atoms with Crippen LogP contribution in [-0.2, 0) is 0 Å². The normalized spacial score (nSPS) is 13.9. The minimum atomic E-state index is -0.402. The van der Waals surface area contributed by atoms with Gasteiger partial charge < -0.3 is 20.0 Å². The minimum Gasteiger partial charge on any atom is -0.459 e. The fourth-order valence-electron chi connectivity index (χ4n) is 3.55. The lowest BCUT2D eigenvalue weighted by atomic mass is 10.1. The van der Waals surface area contributed by atoms with Crippen LogP contribution in [0, 0.1) is 12.7 Å². The quantitative estimate of drug-likeness (QED) is 0.581. The Morgan fingerprint density at radius 3 is 2.60 bits per heavy atom. The standard InChI is InChI=1S/C22H22FN3O3S/c1-14-12-19(25-21(27)18-6-5-11-29-18)30-20(14)22(28)24-16-13-15(23)7-8-17(16)26-9-3-2-4-10-26/h5-8,11-13H,2-4,9-10H2,1H3,(H,24,28)(H,25,27). The van der Waals surface area contributed by atoms with Crippen LogP contribution in [0.25, 0.3) is 0 Å². The Morgan fingerprint density at radius 2 is 1.87 bits per heavy atom. The molecule has 2 N–H and O–H groups in total. The molecule has 8 heteroatoms. The molecule has 1 fully saturated rings. The molecular weight excluding hydrogens is 405 g/mol. The van der Waals surface area contributed by atoms with Gasteiger partial charge in [-0.3, -0.25) is 9.59 Å². The van der Waals surface area contributed by atoms with Crippen LogP contribution >= 0.6 is 11.3 Å². The van der Waals surface area contributed by atoms with Crippen molar-refractivity contribution in [2.45, 2.75) is 26.2 Å². The highest BCUT2D eigenvalue weighted by Gasteiger charge is 2.20. The van der Waals surface area contributed by atoms with Crippen molar-refractivity contribution in [1.82, 2.24) is 0 Å². The second-order valence-corrected chi connectivity index (χ2v) is 8.27. The zero-order valence-electron chi connectivity index (χ0n) is 16.5. The largest absolute Gasteiger partial charge is 0.459 e. The van der Waals surface area contributed by atoms with E-state index < -0.39 is 5.82 Å². The summed E-state index contributed by atoms with van der Waals surface area (Å²) in [6.45, 7) is 3.57. The first-order chi connectivity index (χ1) is 14.5. The molecule has 0 saturated carbocycles. The number of rotatable bonds is 5. The highest BCUT2D eigenvalue weighted by Crippen LogP contribution is 2.32. The molecule has 1 aromatic carbocycles. The van der Waals surface area contributed by atoms with Gasteiger partial charge in [0.1, 0.15) is 5.82 Å². The van der Waals surface area contributed by atoms with Crippen LogP contribution in [-0.4, -0.2) is 24.9 Å². The van der Waals surface area contributed by atoms with E-state index in [1.54, 1.807) is 31.2 Å². The number of carbonyl (C=O) groups is 2. The third kappa shape index (κ3) is 4.38. The van der Waals surface area contributed by atoms with Gasteiger partial charge in [-0.2, -0.15) is 0 Å². The second-order valence-electron chi connectivity index (χ2n) is 7.22. The van der Waals surface area contributed by atoms with Gasteiger partial charge in [0.15, 0.2) is 5.76 Å². The predicted molar refractivity (Wildman–Crippen MR) is 116 cm³/mol. The molecule has 1 aliphatic heterocycles. The average Bonchev–Trinajstić information content (AvgIpc) is 3.39. The Hall–Kier alpha value is -3.13. The van der Waals surface area contributed by atoms with Gasteiger partial charge in [-0.15, -0.1) is 11.3 Å². The third-order valence-corrected chi connectivity index (χ3v) is 6.16. The summed E-state index contributed by atoms with van der Waals surface area (Å²) >= 11 is 1.17. The van der Waals surface area contributed by atoms with E-state index in [-0.39, 0.29) is 17.6 Å². The van der Waals surface area contributed by atoms with Crippen LogP contribution in [0.1, 0.15) is 45.1 Å². The van der Waals surface area contributed by atoms with Gasteiger partial charge in [0.05, 0.1) is 27.5 Å². The monoisotopic (exact) mass is 427 g/mol. The highest BCUT2D eigenvalue weighted by molar-refractivity contribution is 7.18. The number of nitrogens with zero attached hydrogens (tertiary/aromatic N) is 1. The first-order valence-corrected chi connectivity index (χ1v) is 10.6. The highest BCUT2D eigenvalue weighted by atomic mass is 32.1. The Labute approximate surface area is 177 Å². The van der Waals surface area contributed by atoms with Crippen molar-refractivity contribution in [2.75, 3.05) is 28.6 Å². The van der Waals surface area contributed by atoms with E-state index in [4.69, 9.17) is 4.42 Å². The molecule has 3 aromatic rings. The topological polar surface area (TPSA) is 74.6 Å². The molecule has 0 spiro atoms. The van der Waals surface area contributed by atoms with Crippen LogP contribution in [0.4, 0.5) is 20.8 Å². The first kappa shape index (κ1) is 20.2. The number of halogens is 1. The van der Waals surface area contributed by atoms with E-state index in [0.717, 1.165) is 37.2 Å². The van der Waals surface area contributed by atoms with Gasteiger partial charge in [-0.25, -0.2) is 4.39 Å². The lowest BCUT2D eigenvalue weighted by molar-refractivity contribution is 0.0995. The number of nitrogens with one attached hydrogen (secondary N) is 2. The van der Waals surface area contributed by atoms with Crippen molar-refractivity contribution in [2.24, 2.45) is 0 Å². The van der Waals surface area contributed by atoms with Gasteiger partial charge in [-0.1, -0.05) is 0 Å². The zero-order valence-corrected chi connectivity index (χ0v) is 17.4. The molecule has 0 unspecified atom stereocenters. The van der Waals surface area contributed by atoms with Crippen LogP contribution in [0.2, 0.25) is 0 Å². The third-order valence-electron chi connectivity index (χ3n) is 5.01. The Balaban J connectivity index is 1.52. The summed E-state index contributed by atoms with van der Waals surface area (Å²) in [7, 11) is 0. The summed E-state index contributed by atoms with van der Waals surface area (Å²) in [5.41, 5.74) is 2.00. The van der Waals surface area contributed by atoms with E-state index in [1.807, 2.05) is 0 Å². The fourth-order valence-corrected chi connectivity index (χ4v) is 4.51. The van der Waals surface area contributed by atoms with Crippen LogP contribution in [0.5, 0.6) is 0 Å². The lowest BCUT2D eigenvalue weighted by Gasteiger charge is -2.30. The van der Waals surface area contributed by atoms with Gasteiger partial charge in [0, 0.05) is 13.1 Å². The zero-order chi connectivity index (χ0) is 21.1. The molecule has 156 valence electrons. The van der Waals surface area contributed by atoms with Gasteiger partial charge in [0.25, 0.3) is 11.8 Å². The number of piperidine rings is 1. The van der Waals surface area contributed by atoms with E-state index in [9.17, 15) is 14.0 Å². The van der Waals surface area contributed by atoms with Crippen LogP contribution in [0.3, 0.4) is 0 Å². The van der Waals surface area contributed by atoms with Gasteiger partial charge >= 0.3 is 0 Å². The minimum absolute atomic E-state index is 0.193. The maximum absolute atomic E-state index is 13.9. The second kappa shape index (κ2) is 8.71. The molecule has 2 aromatic heterocycles. The van der Waals surface area contributed by atoms with E-state index in [1.165, 1.54) is 36.2 Å². The molecule has 2 amide bonds. The fraction of sp³-hybridized carbons (Fsp3) is 0.273. The summed E-state index contributed by atoms with van der Waals surface area (Å²) in [4.78, 5) is 27.7. The number of thiophene rings is 1. The molecule has 1 aliphatic rings. The molecule has 4 rings (SSSR count). The summed E-state index contributed by atoms with van der Waals surface area (Å²) in [5.74, 6) is -0.927. The van der Waals surface area contributed by atoms with Crippen molar-refractivity contribution in [3.63, 3.8) is 0 Å². The SMILES string of the molecule is Cc1cc(NC(=O)c2ccco2)sc1C(=O)Nc1cc(F)ccc1N1CCCCC1. The molecule has 0 bridgehead atoms. The predicted octanol–water partition coefficient (Wildman–Crippen LogP) is 5.28. The Kier molecular flexibility index (Phi) is 5.85. The Bertz CT molecular complexity index is 1060. The molecule has 3 heterocycles. The average molecular weight is 428 g/mol. The number of furan rings is 1. The smallest absolute Gasteiger partial charge is 0.291 e. The first-order valence-electron chi connectivity index (χ1n) is 9.82. The van der Waals surface area contributed by atoms with Gasteiger partial charge in [-0.05, 0) is 68.1 Å². The summed E-state index contributed by atoms with van der Waals surface area (Å²) < 4.78 is 19.0.